The van der Waals surface area contributed by atoms with Gasteiger partial charge in [0.1, 0.15) is 0 Å². The van der Waals surface area contributed by atoms with Crippen molar-refractivity contribution >= 4 is 10.9 Å². The van der Waals surface area contributed by atoms with Crippen molar-refractivity contribution in [2.45, 2.75) is 32.6 Å². The molecule has 1 unspecified atom stereocenters. The maximum Gasteiger partial charge on any atom is 0.0625 e. The highest BCUT2D eigenvalue weighted by Crippen LogP contribution is 2.30. The van der Waals surface area contributed by atoms with E-state index in [1.807, 2.05) is 0 Å². The van der Waals surface area contributed by atoms with Crippen LogP contribution in [0.5, 0.6) is 0 Å². The highest BCUT2D eigenvalue weighted by molar-refractivity contribution is 5.86. The first-order chi connectivity index (χ1) is 8.74. The fourth-order valence-corrected chi connectivity index (χ4v) is 2.77. The Labute approximate surface area is 106 Å². The van der Waals surface area contributed by atoms with E-state index in [4.69, 9.17) is 5.73 Å². The molecule has 0 aliphatic carbocycles. The molecule has 3 rings (SSSR count). The molecule has 1 aromatic heterocycles. The van der Waals surface area contributed by atoms with Gasteiger partial charge < -0.3 is 20.7 Å². The topological polar surface area (TPSA) is 63.2 Å². The van der Waals surface area contributed by atoms with E-state index in [9.17, 15) is 5.11 Å². The van der Waals surface area contributed by atoms with Gasteiger partial charge in [-0.05, 0) is 35.7 Å². The van der Waals surface area contributed by atoms with E-state index in [0.29, 0.717) is 0 Å². The summed E-state index contributed by atoms with van der Waals surface area (Å²) < 4.78 is 2.21. The molecule has 2 aromatic rings. The number of aryl methyl sites for hydroxylation is 1. The second kappa shape index (κ2) is 4.39. The Hall–Kier alpha value is -1.36. The van der Waals surface area contributed by atoms with E-state index in [1.165, 1.54) is 22.0 Å². The Morgan fingerprint density at radius 2 is 2.11 bits per heavy atom. The van der Waals surface area contributed by atoms with Crippen molar-refractivity contribution in [1.29, 1.82) is 0 Å². The van der Waals surface area contributed by atoms with Crippen molar-refractivity contribution in [2.75, 3.05) is 6.61 Å². The van der Waals surface area contributed by atoms with Crippen LogP contribution in [0.4, 0.5) is 0 Å². The van der Waals surface area contributed by atoms with Crippen molar-refractivity contribution in [3.05, 3.63) is 35.0 Å². The third-order valence-electron chi connectivity index (χ3n) is 3.80. The molecule has 1 aliphatic rings. The number of aliphatic hydroxyl groups excluding tert-OH is 1. The monoisotopic (exact) mass is 245 g/mol. The first-order valence-electron chi connectivity index (χ1n) is 6.46. The van der Waals surface area contributed by atoms with Gasteiger partial charge in [0.05, 0.1) is 12.6 Å². The Balaban J connectivity index is 2.25. The summed E-state index contributed by atoms with van der Waals surface area (Å²) in [4.78, 5) is 0. The summed E-state index contributed by atoms with van der Waals surface area (Å²) in [5.41, 5.74) is 11.0. The Morgan fingerprint density at radius 1 is 1.39 bits per heavy atom. The second-order valence-electron chi connectivity index (χ2n) is 4.90. The molecule has 0 spiro atoms. The van der Waals surface area contributed by atoms with Crippen molar-refractivity contribution in [2.24, 2.45) is 5.73 Å². The number of hydrogen-bond acceptors (Lipinski definition) is 3. The molecule has 1 aromatic carbocycles. The molecule has 18 heavy (non-hydrogen) atoms. The Kier molecular flexibility index (Phi) is 2.86. The molecule has 96 valence electrons. The zero-order chi connectivity index (χ0) is 12.7. The minimum atomic E-state index is -0.298. The van der Waals surface area contributed by atoms with Gasteiger partial charge in [0, 0.05) is 36.7 Å². The van der Waals surface area contributed by atoms with Crippen molar-refractivity contribution < 1.29 is 5.11 Å². The van der Waals surface area contributed by atoms with Crippen LogP contribution in [0.2, 0.25) is 0 Å². The predicted octanol–water partition coefficient (Wildman–Crippen LogP) is 1.26. The Morgan fingerprint density at radius 3 is 2.78 bits per heavy atom. The van der Waals surface area contributed by atoms with Crippen LogP contribution in [-0.2, 0) is 19.6 Å². The first-order valence-corrected chi connectivity index (χ1v) is 6.46. The van der Waals surface area contributed by atoms with Crippen molar-refractivity contribution in [1.82, 2.24) is 9.88 Å². The number of aromatic nitrogens is 1. The number of fused-ring (bicyclic) bond motifs is 2. The quantitative estimate of drug-likeness (QED) is 0.762. The molecular formula is C14H19N3O. The molecule has 4 nitrogen and oxygen atoms in total. The number of nitrogens with two attached hydrogens (primary N) is 1. The fourth-order valence-electron chi connectivity index (χ4n) is 2.77. The summed E-state index contributed by atoms with van der Waals surface area (Å²) in [5.74, 6) is 0. The van der Waals surface area contributed by atoms with Crippen LogP contribution >= 0.6 is 0 Å². The van der Waals surface area contributed by atoms with Gasteiger partial charge in [0.2, 0.25) is 0 Å². The fraction of sp³-hybridized carbons (Fsp3) is 0.429. The van der Waals surface area contributed by atoms with Gasteiger partial charge in [0.25, 0.3) is 0 Å². The van der Waals surface area contributed by atoms with E-state index in [-0.39, 0.29) is 12.6 Å². The van der Waals surface area contributed by atoms with E-state index >= 15 is 0 Å². The average molecular weight is 245 g/mol. The predicted molar refractivity (Wildman–Crippen MR) is 72.2 cm³/mol. The summed E-state index contributed by atoms with van der Waals surface area (Å²) in [6.45, 7) is 4.90. The lowest BCUT2D eigenvalue weighted by atomic mass is 10.0. The maximum absolute atomic E-state index is 9.28. The minimum absolute atomic E-state index is 0.0157. The number of benzene rings is 1. The summed E-state index contributed by atoms with van der Waals surface area (Å²) in [7, 11) is 0. The molecule has 4 heteroatoms. The van der Waals surface area contributed by atoms with E-state index in [1.54, 1.807) is 0 Å². The van der Waals surface area contributed by atoms with E-state index < -0.39 is 0 Å². The maximum atomic E-state index is 9.28. The molecule has 0 bridgehead atoms. The zero-order valence-corrected chi connectivity index (χ0v) is 10.6. The summed E-state index contributed by atoms with van der Waals surface area (Å²) in [6, 6.07) is 4.18. The SMILES string of the molecule is CCn1cc(C(N)CO)c2cc3c(cc21)CNC3. The van der Waals surface area contributed by atoms with Gasteiger partial charge >= 0.3 is 0 Å². The van der Waals surface area contributed by atoms with Gasteiger partial charge in [-0.2, -0.15) is 0 Å². The van der Waals surface area contributed by atoms with Gasteiger partial charge in [-0.15, -0.1) is 0 Å². The first kappa shape index (κ1) is 11.7. The van der Waals surface area contributed by atoms with Crippen LogP contribution in [0.3, 0.4) is 0 Å². The average Bonchev–Trinajstić information content (AvgIpc) is 2.98. The van der Waals surface area contributed by atoms with Gasteiger partial charge in [0.15, 0.2) is 0 Å². The number of nitrogens with zero attached hydrogens (tertiary/aromatic N) is 1. The smallest absolute Gasteiger partial charge is 0.0625 e. The molecule has 2 heterocycles. The van der Waals surface area contributed by atoms with Gasteiger partial charge in [-0.3, -0.25) is 0 Å². The largest absolute Gasteiger partial charge is 0.394 e. The molecule has 1 aliphatic heterocycles. The van der Waals surface area contributed by atoms with Crippen LogP contribution in [0.1, 0.15) is 29.7 Å². The lowest BCUT2D eigenvalue weighted by Gasteiger charge is -2.07. The molecule has 0 saturated carbocycles. The van der Waals surface area contributed by atoms with Crippen LogP contribution in [0, 0.1) is 0 Å². The number of aliphatic hydroxyl groups is 1. The molecule has 0 amide bonds. The number of nitrogens with one attached hydrogen (secondary N) is 1. The van der Waals surface area contributed by atoms with Gasteiger partial charge in [-0.25, -0.2) is 0 Å². The highest BCUT2D eigenvalue weighted by Gasteiger charge is 2.18. The van der Waals surface area contributed by atoms with Gasteiger partial charge in [-0.1, -0.05) is 0 Å². The van der Waals surface area contributed by atoms with E-state index in [2.05, 4.69) is 35.1 Å². The standard InChI is InChI=1S/C14H19N3O/c1-2-17-7-12(13(15)8-18)11-3-9-5-16-6-10(9)4-14(11)17/h3-4,7,13,16,18H,2,5-6,8,15H2,1H3. The minimum Gasteiger partial charge on any atom is -0.394 e. The second-order valence-corrected chi connectivity index (χ2v) is 4.90. The van der Waals surface area contributed by atoms with Crippen molar-refractivity contribution in [3.8, 4) is 0 Å². The molecule has 1 atom stereocenters. The third-order valence-corrected chi connectivity index (χ3v) is 3.80. The number of rotatable bonds is 3. The van der Waals surface area contributed by atoms with Crippen molar-refractivity contribution in [3.63, 3.8) is 0 Å². The van der Waals surface area contributed by atoms with Crippen LogP contribution in [0.25, 0.3) is 10.9 Å². The van der Waals surface area contributed by atoms with Crippen LogP contribution in [-0.4, -0.2) is 16.3 Å². The molecular weight excluding hydrogens is 226 g/mol. The molecule has 0 fully saturated rings. The molecule has 0 saturated heterocycles. The van der Waals surface area contributed by atoms with Crippen LogP contribution in [0.15, 0.2) is 18.3 Å². The lowest BCUT2D eigenvalue weighted by molar-refractivity contribution is 0.268. The van der Waals surface area contributed by atoms with E-state index in [0.717, 1.165) is 25.2 Å². The summed E-state index contributed by atoms with van der Waals surface area (Å²) in [6.07, 6.45) is 2.08. The summed E-state index contributed by atoms with van der Waals surface area (Å²) >= 11 is 0. The normalized spacial score (nSPS) is 16.2. The lowest BCUT2D eigenvalue weighted by Crippen LogP contribution is -2.14. The number of hydrogen-bond donors (Lipinski definition) is 3. The molecule has 0 radical (unpaired) electrons. The third kappa shape index (κ3) is 1.65. The summed E-state index contributed by atoms with van der Waals surface area (Å²) in [5, 5.41) is 13.8. The van der Waals surface area contributed by atoms with Crippen LogP contribution < -0.4 is 11.1 Å². The zero-order valence-electron chi connectivity index (χ0n) is 10.6. The Bertz CT molecular complexity index is 588. The molecule has 4 N–H and O–H groups in total. The highest BCUT2D eigenvalue weighted by atomic mass is 16.3.